The van der Waals surface area contributed by atoms with Gasteiger partial charge in [-0.2, -0.15) is 5.26 Å². The molecular weight excluding hydrogens is 622 g/mol. The van der Waals surface area contributed by atoms with Gasteiger partial charge < -0.3 is 34.1 Å². The molecular formula is C34H35ClF2N2O7. The van der Waals surface area contributed by atoms with Crippen molar-refractivity contribution in [1.82, 2.24) is 5.32 Å². The minimum atomic E-state index is -1.78. The van der Waals surface area contributed by atoms with E-state index in [2.05, 4.69) is 5.32 Å². The molecule has 0 aliphatic carbocycles. The summed E-state index contributed by atoms with van der Waals surface area (Å²) in [4.78, 5) is 12.7. The number of nitriles is 1. The van der Waals surface area contributed by atoms with Crippen LogP contribution in [0.1, 0.15) is 62.8 Å². The lowest BCUT2D eigenvalue weighted by molar-refractivity contribution is -0.165. The average Bonchev–Trinajstić information content (AvgIpc) is 3.31. The van der Waals surface area contributed by atoms with Crippen molar-refractivity contribution in [2.45, 2.75) is 63.6 Å². The number of carbonyl (C=O) groups excluding carboxylic acids is 1. The largest absolute Gasteiger partial charge is 0.488 e. The molecule has 0 bridgehead atoms. The highest BCUT2D eigenvalue weighted by Gasteiger charge is 2.53. The number of rotatable bonds is 9. The molecule has 3 aromatic carbocycles. The van der Waals surface area contributed by atoms with Crippen LogP contribution in [0, 0.1) is 23.0 Å². The Labute approximate surface area is 270 Å². The number of ether oxygens (including phenoxy) is 5. The van der Waals surface area contributed by atoms with E-state index in [9.17, 15) is 15.2 Å². The molecule has 9 nitrogen and oxygen atoms in total. The van der Waals surface area contributed by atoms with Crippen molar-refractivity contribution < 1.29 is 42.4 Å². The maximum Gasteiger partial charge on any atom is 0.407 e. The zero-order valence-electron chi connectivity index (χ0n) is 25.7. The van der Waals surface area contributed by atoms with Crippen LogP contribution in [0.25, 0.3) is 11.1 Å². The third-order valence-corrected chi connectivity index (χ3v) is 8.02. The Hall–Kier alpha value is -3.95. The highest BCUT2D eigenvalue weighted by molar-refractivity contribution is 6.34. The lowest BCUT2D eigenvalue weighted by atomic mass is 9.83. The third-order valence-electron chi connectivity index (χ3n) is 7.65. The van der Waals surface area contributed by atoms with Gasteiger partial charge in [0.1, 0.15) is 30.9 Å². The number of amides is 1. The van der Waals surface area contributed by atoms with Gasteiger partial charge >= 0.3 is 6.09 Å². The van der Waals surface area contributed by atoms with Crippen LogP contribution in [0.3, 0.4) is 0 Å². The fourth-order valence-electron chi connectivity index (χ4n) is 5.53. The monoisotopic (exact) mass is 656 g/mol. The maximum absolute atomic E-state index is 16.3. The summed E-state index contributed by atoms with van der Waals surface area (Å²) in [7, 11) is 0. The van der Waals surface area contributed by atoms with E-state index in [0.29, 0.717) is 12.2 Å². The van der Waals surface area contributed by atoms with Crippen LogP contribution in [0.15, 0.2) is 48.5 Å². The molecule has 0 radical (unpaired) electrons. The lowest BCUT2D eigenvalue weighted by Crippen LogP contribution is -2.45. The highest BCUT2D eigenvalue weighted by atomic mass is 35.5. The van der Waals surface area contributed by atoms with Gasteiger partial charge in [0, 0.05) is 40.5 Å². The minimum absolute atomic E-state index is 0.0338. The number of aliphatic hydroxyl groups excluding tert-OH is 1. The van der Waals surface area contributed by atoms with Crippen LogP contribution >= 0.6 is 11.6 Å². The molecule has 3 atom stereocenters. The zero-order valence-corrected chi connectivity index (χ0v) is 26.5. The Morgan fingerprint density at radius 3 is 2.59 bits per heavy atom. The summed E-state index contributed by atoms with van der Waals surface area (Å²) < 4.78 is 60.4. The Kier molecular flexibility index (Phi) is 10.0. The number of fused-ring (bicyclic) bond motifs is 1. The molecule has 2 aliphatic rings. The fraction of sp³-hybridized carbons (Fsp3) is 0.412. The number of hydrogen-bond acceptors (Lipinski definition) is 8. The number of hydrogen-bond donors (Lipinski definition) is 2. The second-order valence-corrected chi connectivity index (χ2v) is 12.5. The zero-order chi connectivity index (χ0) is 33.1. The Morgan fingerprint density at radius 1 is 1.15 bits per heavy atom. The van der Waals surface area contributed by atoms with Crippen LogP contribution in [-0.2, 0) is 19.8 Å². The first-order chi connectivity index (χ1) is 21.9. The molecule has 3 unspecified atom stereocenters. The second-order valence-electron chi connectivity index (χ2n) is 12.1. The van der Waals surface area contributed by atoms with Crippen molar-refractivity contribution in [2.75, 3.05) is 26.4 Å². The van der Waals surface area contributed by atoms with Crippen molar-refractivity contribution in [3.05, 3.63) is 81.9 Å². The van der Waals surface area contributed by atoms with E-state index in [1.54, 1.807) is 51.1 Å². The van der Waals surface area contributed by atoms with E-state index in [4.69, 9.17) is 35.3 Å². The number of carbonyl (C=O) groups is 1. The van der Waals surface area contributed by atoms with Gasteiger partial charge in [0.05, 0.1) is 23.3 Å². The summed E-state index contributed by atoms with van der Waals surface area (Å²) in [6.45, 7) is 5.49. The van der Waals surface area contributed by atoms with Gasteiger partial charge in [-0.25, -0.2) is 13.6 Å². The van der Waals surface area contributed by atoms with Gasteiger partial charge in [0.2, 0.25) is 0 Å². The van der Waals surface area contributed by atoms with E-state index in [0.717, 1.165) is 25.3 Å². The van der Waals surface area contributed by atoms with Gasteiger partial charge in [-0.3, -0.25) is 0 Å². The van der Waals surface area contributed by atoms with E-state index in [1.807, 2.05) is 6.07 Å². The maximum atomic E-state index is 16.3. The first-order valence-corrected chi connectivity index (χ1v) is 15.3. The molecule has 2 aliphatic heterocycles. The summed E-state index contributed by atoms with van der Waals surface area (Å²) in [6, 6.07) is 13.9. The molecule has 2 heterocycles. The van der Waals surface area contributed by atoms with Crippen molar-refractivity contribution in [1.29, 1.82) is 5.26 Å². The molecule has 0 saturated carbocycles. The number of halogens is 3. The van der Waals surface area contributed by atoms with Gasteiger partial charge in [-0.1, -0.05) is 41.9 Å². The molecule has 244 valence electrons. The Bertz CT molecular complexity index is 1620. The summed E-state index contributed by atoms with van der Waals surface area (Å²) in [5, 5.41) is 24.1. The normalized spacial score (nSPS) is 20.7. The number of alkyl carbamates (subject to hydrolysis) is 1. The van der Waals surface area contributed by atoms with Crippen molar-refractivity contribution in [3.63, 3.8) is 0 Å². The fourth-order valence-corrected chi connectivity index (χ4v) is 5.78. The third kappa shape index (κ3) is 6.90. The second kappa shape index (κ2) is 13.8. The number of nitrogens with zero attached hydrogens (tertiary/aromatic N) is 1. The summed E-state index contributed by atoms with van der Waals surface area (Å²) in [5.41, 5.74) is -2.93. The smallest absolute Gasteiger partial charge is 0.407 e. The quantitative estimate of drug-likeness (QED) is 0.238. The first-order valence-electron chi connectivity index (χ1n) is 14.9. The van der Waals surface area contributed by atoms with Gasteiger partial charge in [-0.05, 0) is 52.2 Å². The van der Waals surface area contributed by atoms with Gasteiger partial charge in [-0.15, -0.1) is 0 Å². The van der Waals surface area contributed by atoms with Crippen LogP contribution in [0.2, 0.25) is 5.02 Å². The molecule has 5 rings (SSSR count). The molecule has 0 spiro atoms. The van der Waals surface area contributed by atoms with E-state index in [1.165, 1.54) is 12.1 Å². The molecule has 1 fully saturated rings. The standard InChI is InChI=1S/C34H35ClF2N2O7/c1-33(2,3)39-32(41)45-19-34(21-9-5-4-6-10-21)31(40)27-24(46-34)17-22(36)29(35)28(27)26-20(18-38)12-13-23(30(26)37)42-15-16-44-25-11-7-8-14-43-25/h4-6,9-10,12-13,17,25,31,40H,7-8,11,14-16,19H2,1-3H3,(H,39,41). The lowest BCUT2D eigenvalue weighted by Gasteiger charge is -2.32. The molecule has 1 amide bonds. The van der Waals surface area contributed by atoms with Gasteiger partial charge in [0.15, 0.2) is 23.5 Å². The number of benzene rings is 3. The van der Waals surface area contributed by atoms with Crippen molar-refractivity contribution in [2.24, 2.45) is 0 Å². The predicted molar refractivity (Wildman–Crippen MR) is 165 cm³/mol. The Balaban J connectivity index is 1.53. The van der Waals surface area contributed by atoms with E-state index < -0.39 is 46.6 Å². The van der Waals surface area contributed by atoms with Crippen molar-refractivity contribution >= 4 is 17.7 Å². The van der Waals surface area contributed by atoms with Crippen LogP contribution in [0.5, 0.6) is 11.5 Å². The molecule has 1 saturated heterocycles. The van der Waals surface area contributed by atoms with Crippen molar-refractivity contribution in [3.8, 4) is 28.7 Å². The van der Waals surface area contributed by atoms with E-state index in [-0.39, 0.29) is 53.3 Å². The van der Waals surface area contributed by atoms with Gasteiger partial charge in [0.25, 0.3) is 0 Å². The van der Waals surface area contributed by atoms with Crippen LogP contribution in [-0.4, -0.2) is 49.5 Å². The Morgan fingerprint density at radius 2 is 1.91 bits per heavy atom. The highest BCUT2D eigenvalue weighted by Crippen LogP contribution is 2.55. The van der Waals surface area contributed by atoms with Crippen LogP contribution in [0.4, 0.5) is 13.6 Å². The summed E-state index contributed by atoms with van der Waals surface area (Å²) >= 11 is 6.49. The molecule has 3 aromatic rings. The number of aliphatic hydroxyl groups is 1. The molecule has 46 heavy (non-hydrogen) atoms. The molecule has 2 N–H and O–H groups in total. The molecule has 12 heteroatoms. The minimum Gasteiger partial charge on any atom is -0.488 e. The topological polar surface area (TPSA) is 119 Å². The van der Waals surface area contributed by atoms with Crippen LogP contribution < -0.4 is 14.8 Å². The predicted octanol–water partition coefficient (Wildman–Crippen LogP) is 6.92. The summed E-state index contributed by atoms with van der Waals surface area (Å²) in [6.07, 6.45) is -0.0920. The van der Waals surface area contributed by atoms with E-state index >= 15 is 8.78 Å². The molecule has 0 aromatic heterocycles. The summed E-state index contributed by atoms with van der Waals surface area (Å²) in [5.74, 6) is -2.37. The average molecular weight is 657 g/mol. The number of nitrogens with one attached hydrogen (secondary N) is 1. The SMILES string of the molecule is CC(C)(C)NC(=O)OCC1(c2ccccc2)Oc2cc(F)c(Cl)c(-c3c(C#N)ccc(OCCOC4CCCCO4)c3F)c2C1O. The first kappa shape index (κ1) is 33.4.